The van der Waals surface area contributed by atoms with Crippen LogP contribution in [0.3, 0.4) is 0 Å². The van der Waals surface area contributed by atoms with Crippen molar-refractivity contribution < 1.29 is 0 Å². The molecule has 1 aliphatic carbocycles. The molecule has 1 saturated carbocycles. The molecule has 0 spiro atoms. The number of nitrogens with one attached hydrogen (secondary N) is 1. The molecule has 0 amide bonds. The van der Waals surface area contributed by atoms with Gasteiger partial charge in [0.25, 0.3) is 0 Å². The molecule has 3 aromatic rings. The first kappa shape index (κ1) is 16.5. The van der Waals surface area contributed by atoms with Gasteiger partial charge < -0.3 is 10.7 Å². The Bertz CT molecular complexity index is 852. The highest BCUT2D eigenvalue weighted by Gasteiger charge is 2.23. The fourth-order valence-corrected chi connectivity index (χ4v) is 3.89. The molecule has 25 heavy (non-hydrogen) atoms. The van der Waals surface area contributed by atoms with Gasteiger partial charge >= 0.3 is 0 Å². The van der Waals surface area contributed by atoms with Crippen LogP contribution in [0, 0.1) is 5.92 Å². The maximum atomic E-state index is 6.39. The van der Waals surface area contributed by atoms with Gasteiger partial charge in [0.05, 0.1) is 11.1 Å². The van der Waals surface area contributed by atoms with E-state index in [9.17, 15) is 0 Å². The van der Waals surface area contributed by atoms with Crippen LogP contribution in [0.2, 0.25) is 5.02 Å². The molecule has 3 aromatic heterocycles. The number of H-pyrrole nitrogens is 1. The molecule has 3 N–H and O–H groups in total. The third-order valence-corrected chi connectivity index (χ3v) is 5.37. The Morgan fingerprint density at radius 3 is 2.64 bits per heavy atom. The first-order valence-electron chi connectivity index (χ1n) is 8.88. The number of halogens is 1. The van der Waals surface area contributed by atoms with Gasteiger partial charge in [-0.1, -0.05) is 30.9 Å². The monoisotopic (exact) mass is 355 g/mol. The summed E-state index contributed by atoms with van der Waals surface area (Å²) in [4.78, 5) is 16.6. The van der Waals surface area contributed by atoms with Gasteiger partial charge in [0.15, 0.2) is 0 Å². The summed E-state index contributed by atoms with van der Waals surface area (Å²) in [6, 6.07) is 1.88. The van der Waals surface area contributed by atoms with E-state index in [1.165, 1.54) is 32.1 Å². The van der Waals surface area contributed by atoms with Crippen LogP contribution >= 0.6 is 11.6 Å². The highest BCUT2D eigenvalue weighted by molar-refractivity contribution is 6.31. The molecule has 0 aromatic carbocycles. The largest absolute Gasteiger partial charge is 0.346 e. The number of aromatic amines is 1. The zero-order chi connectivity index (χ0) is 17.2. The Hall–Kier alpha value is -1.98. The van der Waals surface area contributed by atoms with E-state index >= 15 is 0 Å². The van der Waals surface area contributed by atoms with Gasteiger partial charge in [-0.2, -0.15) is 0 Å². The molecular formula is C19H22ClN5. The van der Waals surface area contributed by atoms with E-state index in [0.29, 0.717) is 10.9 Å². The van der Waals surface area contributed by atoms with Crippen molar-refractivity contribution in [3.8, 4) is 0 Å². The summed E-state index contributed by atoms with van der Waals surface area (Å²) in [6.45, 7) is 0. The third kappa shape index (κ3) is 3.53. The van der Waals surface area contributed by atoms with Crippen molar-refractivity contribution in [1.82, 2.24) is 19.9 Å². The lowest BCUT2D eigenvalue weighted by atomic mass is 9.84. The van der Waals surface area contributed by atoms with Crippen LogP contribution in [0.25, 0.3) is 11.0 Å². The van der Waals surface area contributed by atoms with Crippen molar-refractivity contribution >= 4 is 22.6 Å². The number of hydrogen-bond donors (Lipinski definition) is 2. The number of fused-ring (bicyclic) bond motifs is 1. The van der Waals surface area contributed by atoms with E-state index in [2.05, 4.69) is 19.9 Å². The Morgan fingerprint density at radius 2 is 1.88 bits per heavy atom. The molecule has 0 saturated heterocycles. The van der Waals surface area contributed by atoms with Crippen molar-refractivity contribution in [3.63, 3.8) is 0 Å². The predicted octanol–water partition coefficient (Wildman–Crippen LogP) is 4.18. The predicted molar refractivity (Wildman–Crippen MR) is 99.4 cm³/mol. The number of rotatable bonds is 4. The molecule has 4 rings (SSSR count). The number of pyridine rings is 1. The quantitative estimate of drug-likeness (QED) is 0.735. The Balaban J connectivity index is 1.50. The van der Waals surface area contributed by atoms with Gasteiger partial charge in [-0.25, -0.2) is 15.0 Å². The van der Waals surface area contributed by atoms with Crippen LogP contribution in [0.4, 0.5) is 0 Å². The highest BCUT2D eigenvalue weighted by Crippen LogP contribution is 2.31. The van der Waals surface area contributed by atoms with Crippen molar-refractivity contribution in [3.05, 3.63) is 52.8 Å². The third-order valence-electron chi connectivity index (χ3n) is 5.16. The van der Waals surface area contributed by atoms with Crippen molar-refractivity contribution in [2.24, 2.45) is 11.7 Å². The minimum atomic E-state index is -0.0505. The highest BCUT2D eigenvalue weighted by atomic mass is 35.5. The molecular weight excluding hydrogens is 334 g/mol. The van der Waals surface area contributed by atoms with Gasteiger partial charge in [0.1, 0.15) is 11.5 Å². The van der Waals surface area contributed by atoms with Gasteiger partial charge in [-0.15, -0.1) is 0 Å². The molecule has 0 aliphatic heterocycles. The molecule has 3 heterocycles. The number of aromatic nitrogens is 4. The van der Waals surface area contributed by atoms with Gasteiger partial charge in [0.2, 0.25) is 0 Å². The van der Waals surface area contributed by atoms with E-state index in [1.54, 1.807) is 6.20 Å². The van der Waals surface area contributed by atoms with Crippen LogP contribution in [0.15, 0.2) is 30.9 Å². The van der Waals surface area contributed by atoms with Crippen LogP contribution < -0.4 is 5.73 Å². The molecule has 1 unspecified atom stereocenters. The smallest absolute Gasteiger partial charge is 0.145 e. The average Bonchev–Trinajstić information content (AvgIpc) is 3.04. The fourth-order valence-electron chi connectivity index (χ4n) is 3.73. The topological polar surface area (TPSA) is 80.5 Å². The summed E-state index contributed by atoms with van der Waals surface area (Å²) in [6.07, 6.45) is 14.4. The SMILES string of the molecule is NC(c1ncc(Cc2c[nH]c3ncc(Cl)cc23)cn1)C1CCCCC1. The number of nitrogens with two attached hydrogens (primary N) is 1. The molecule has 1 aliphatic rings. The van der Waals surface area contributed by atoms with E-state index < -0.39 is 0 Å². The summed E-state index contributed by atoms with van der Waals surface area (Å²) in [5.41, 5.74) is 9.43. The van der Waals surface area contributed by atoms with Crippen molar-refractivity contribution in [2.45, 2.75) is 44.6 Å². The summed E-state index contributed by atoms with van der Waals surface area (Å²) in [7, 11) is 0. The second kappa shape index (κ2) is 7.10. The van der Waals surface area contributed by atoms with Gasteiger partial charge in [-0.05, 0) is 36.0 Å². The molecule has 0 radical (unpaired) electrons. The summed E-state index contributed by atoms with van der Waals surface area (Å²) in [5.74, 6) is 1.28. The maximum absolute atomic E-state index is 6.39. The molecule has 130 valence electrons. The molecule has 1 fully saturated rings. The molecule has 5 nitrogen and oxygen atoms in total. The molecule has 1 atom stereocenters. The second-order valence-corrected chi connectivity index (χ2v) is 7.35. The van der Waals surface area contributed by atoms with Crippen LogP contribution in [-0.4, -0.2) is 19.9 Å². The van der Waals surface area contributed by atoms with E-state index in [1.807, 2.05) is 24.7 Å². The fraction of sp³-hybridized carbons (Fsp3) is 0.421. The van der Waals surface area contributed by atoms with Crippen LogP contribution in [-0.2, 0) is 6.42 Å². The zero-order valence-electron chi connectivity index (χ0n) is 14.1. The lowest BCUT2D eigenvalue weighted by molar-refractivity contribution is 0.300. The molecule has 6 heteroatoms. The maximum Gasteiger partial charge on any atom is 0.145 e. The summed E-state index contributed by atoms with van der Waals surface area (Å²) >= 11 is 6.06. The van der Waals surface area contributed by atoms with Crippen LogP contribution in [0.5, 0.6) is 0 Å². The molecule has 0 bridgehead atoms. The van der Waals surface area contributed by atoms with Gasteiger partial charge in [-0.3, -0.25) is 0 Å². The van der Waals surface area contributed by atoms with E-state index in [0.717, 1.165) is 34.4 Å². The van der Waals surface area contributed by atoms with Crippen molar-refractivity contribution in [2.75, 3.05) is 0 Å². The van der Waals surface area contributed by atoms with Gasteiger partial charge in [0, 0.05) is 36.6 Å². The average molecular weight is 356 g/mol. The zero-order valence-corrected chi connectivity index (χ0v) is 14.8. The Kier molecular flexibility index (Phi) is 4.68. The lowest BCUT2D eigenvalue weighted by Crippen LogP contribution is -2.25. The number of hydrogen-bond acceptors (Lipinski definition) is 4. The van der Waals surface area contributed by atoms with Crippen molar-refractivity contribution in [1.29, 1.82) is 0 Å². The summed E-state index contributed by atoms with van der Waals surface area (Å²) < 4.78 is 0. The number of nitrogens with zero attached hydrogens (tertiary/aromatic N) is 3. The second-order valence-electron chi connectivity index (χ2n) is 6.91. The Morgan fingerprint density at radius 1 is 1.12 bits per heavy atom. The van der Waals surface area contributed by atoms with E-state index in [-0.39, 0.29) is 6.04 Å². The minimum Gasteiger partial charge on any atom is -0.346 e. The Labute approximate surface area is 152 Å². The normalized spacial score (nSPS) is 17.0. The minimum absolute atomic E-state index is 0.0505. The summed E-state index contributed by atoms with van der Waals surface area (Å²) in [5, 5.41) is 1.67. The van der Waals surface area contributed by atoms with E-state index in [4.69, 9.17) is 17.3 Å². The first-order valence-corrected chi connectivity index (χ1v) is 9.26. The standard InChI is InChI=1S/C19H22ClN5/c20-15-7-16-14(10-24-18(16)25-11-15)6-12-8-22-19(23-9-12)17(21)13-4-2-1-3-5-13/h7-11,13,17H,1-6,21H2,(H,24,25). The van der Waals surface area contributed by atoms with Crippen LogP contribution in [0.1, 0.15) is 55.1 Å². The first-order chi connectivity index (χ1) is 12.2. The lowest BCUT2D eigenvalue weighted by Gasteiger charge is -2.26.